The van der Waals surface area contributed by atoms with E-state index in [-0.39, 0.29) is 16.2 Å². The van der Waals surface area contributed by atoms with Crippen molar-refractivity contribution < 1.29 is 71.3 Å². The van der Waals surface area contributed by atoms with Crippen LogP contribution >= 0.6 is 11.8 Å². The predicted octanol–water partition coefficient (Wildman–Crippen LogP) is 10.9. The zero-order valence-electron chi connectivity index (χ0n) is 24.0. The molecule has 0 saturated carbocycles. The first-order valence-corrected chi connectivity index (χ1v) is 14.7. The summed E-state index contributed by atoms with van der Waals surface area (Å²) in [4.78, 5) is 12.4. The Morgan fingerprint density at radius 1 is 0.630 bits per heavy atom. The monoisotopic (exact) mass is 704 g/mol. The van der Waals surface area contributed by atoms with Crippen LogP contribution in [0.2, 0.25) is 0 Å². The van der Waals surface area contributed by atoms with E-state index in [1.165, 1.54) is 25.0 Å². The highest BCUT2D eigenvalue weighted by molar-refractivity contribution is 7.99. The number of halogens is 13. The van der Waals surface area contributed by atoms with Gasteiger partial charge in [-0.1, -0.05) is 39.0 Å². The van der Waals surface area contributed by atoms with Crippen LogP contribution in [0.25, 0.3) is 0 Å². The lowest BCUT2D eigenvalue weighted by Crippen LogP contribution is -2.70. The highest BCUT2D eigenvalue weighted by Crippen LogP contribution is 2.60. The Bertz CT molecular complexity index is 1250. The second kappa shape index (κ2) is 15.4. The summed E-state index contributed by atoms with van der Waals surface area (Å²) in [7, 11) is 0. The van der Waals surface area contributed by atoms with Gasteiger partial charge in [-0.3, -0.25) is 0 Å². The minimum atomic E-state index is -7.92. The summed E-state index contributed by atoms with van der Waals surface area (Å²) in [6.07, 6.45) is -3.24. The van der Waals surface area contributed by atoms with E-state index in [4.69, 9.17) is 9.47 Å². The van der Waals surface area contributed by atoms with Gasteiger partial charge < -0.3 is 9.47 Å². The molecule has 0 radical (unpaired) electrons. The summed E-state index contributed by atoms with van der Waals surface area (Å²) >= 11 is 0.290. The van der Waals surface area contributed by atoms with Gasteiger partial charge in [-0.05, 0) is 55.0 Å². The Labute approximate surface area is 259 Å². The van der Waals surface area contributed by atoms with E-state index in [0.717, 1.165) is 49.9 Å². The van der Waals surface area contributed by atoms with Gasteiger partial charge in [0.05, 0.1) is 12.2 Å². The molecule has 0 spiro atoms. The zero-order valence-corrected chi connectivity index (χ0v) is 24.8. The van der Waals surface area contributed by atoms with Crippen LogP contribution in [0.4, 0.5) is 57.1 Å². The third kappa shape index (κ3) is 8.94. The van der Waals surface area contributed by atoms with Crippen LogP contribution in [0, 0.1) is 0 Å². The first-order chi connectivity index (χ1) is 21.1. The number of thioether (sulfide) groups is 1. The molecular formula is C29H29F13O3S. The van der Waals surface area contributed by atoms with Gasteiger partial charge in [-0.15, -0.1) is 11.8 Å². The van der Waals surface area contributed by atoms with Crippen LogP contribution in [0.15, 0.2) is 53.4 Å². The maximum atomic E-state index is 14.0. The third-order valence-electron chi connectivity index (χ3n) is 6.57. The van der Waals surface area contributed by atoms with Crippen molar-refractivity contribution >= 4 is 17.7 Å². The van der Waals surface area contributed by atoms with Crippen molar-refractivity contribution in [3.63, 3.8) is 0 Å². The molecule has 0 amide bonds. The van der Waals surface area contributed by atoms with Crippen LogP contribution in [0.5, 0.6) is 11.5 Å². The number of carbonyl (C=O) groups excluding carboxylic acids is 1. The predicted molar refractivity (Wildman–Crippen MR) is 143 cm³/mol. The molecular weight excluding hydrogens is 675 g/mol. The summed E-state index contributed by atoms with van der Waals surface area (Å²) in [5, 5.41) is 0. The van der Waals surface area contributed by atoms with Crippen molar-refractivity contribution in [2.45, 2.75) is 92.6 Å². The van der Waals surface area contributed by atoms with Gasteiger partial charge in [0.1, 0.15) is 11.5 Å². The highest BCUT2D eigenvalue weighted by Gasteiger charge is 2.90. The molecule has 2 rings (SSSR count). The van der Waals surface area contributed by atoms with Crippen molar-refractivity contribution in [3.05, 3.63) is 54.1 Å². The van der Waals surface area contributed by atoms with Crippen LogP contribution in [0.1, 0.15) is 62.2 Å². The van der Waals surface area contributed by atoms with Gasteiger partial charge in [-0.2, -0.15) is 57.1 Å². The number of esters is 1. The summed E-state index contributed by atoms with van der Waals surface area (Å²) in [5.74, 6) is -38.3. The van der Waals surface area contributed by atoms with E-state index >= 15 is 0 Å². The lowest BCUT2D eigenvalue weighted by atomic mass is 9.93. The van der Waals surface area contributed by atoms with Crippen LogP contribution < -0.4 is 9.47 Å². The Hall–Kier alpha value is -2.85. The minimum Gasteiger partial charge on any atom is -0.494 e. The molecule has 3 nitrogen and oxygen atoms in total. The van der Waals surface area contributed by atoms with E-state index in [2.05, 4.69) is 6.92 Å². The van der Waals surface area contributed by atoms with Crippen LogP contribution in [0.3, 0.4) is 0 Å². The molecule has 260 valence electrons. The first kappa shape index (κ1) is 39.3. The molecule has 0 aliphatic heterocycles. The Balaban J connectivity index is 1.92. The van der Waals surface area contributed by atoms with Crippen LogP contribution in [-0.2, 0) is 0 Å². The second-order valence-corrected chi connectivity index (χ2v) is 11.3. The van der Waals surface area contributed by atoms with E-state index in [1.54, 1.807) is 12.1 Å². The molecule has 0 aliphatic rings. The molecule has 0 saturated heterocycles. The minimum absolute atomic E-state index is 0.0109. The molecule has 46 heavy (non-hydrogen) atoms. The average molecular weight is 705 g/mol. The van der Waals surface area contributed by atoms with E-state index < -0.39 is 53.9 Å². The Morgan fingerprint density at radius 3 is 1.67 bits per heavy atom. The number of carbonyl (C=O) groups is 1. The molecule has 2 aromatic carbocycles. The molecule has 0 N–H and O–H groups in total. The number of ether oxygens (including phenoxy) is 2. The summed E-state index contributed by atoms with van der Waals surface area (Å²) < 4.78 is 183. The molecule has 0 aromatic heterocycles. The van der Waals surface area contributed by atoms with Crippen molar-refractivity contribution in [2.24, 2.45) is 0 Å². The summed E-state index contributed by atoms with van der Waals surface area (Å²) in [6.45, 7) is 2.64. The highest BCUT2D eigenvalue weighted by atomic mass is 32.2. The number of alkyl halides is 13. The van der Waals surface area contributed by atoms with E-state index in [9.17, 15) is 61.9 Å². The molecule has 0 fully saturated rings. The van der Waals surface area contributed by atoms with Gasteiger partial charge in [-0.25, -0.2) is 4.79 Å². The largest absolute Gasteiger partial charge is 0.494 e. The maximum absolute atomic E-state index is 14.0. The average Bonchev–Trinajstić information content (AvgIpc) is 2.96. The Morgan fingerprint density at radius 2 is 1.13 bits per heavy atom. The van der Waals surface area contributed by atoms with Crippen molar-refractivity contribution in [1.82, 2.24) is 0 Å². The van der Waals surface area contributed by atoms with Gasteiger partial charge in [0.15, 0.2) is 0 Å². The topological polar surface area (TPSA) is 35.5 Å². The van der Waals surface area contributed by atoms with Gasteiger partial charge in [0.25, 0.3) is 0 Å². The number of hydrogen-bond acceptors (Lipinski definition) is 4. The van der Waals surface area contributed by atoms with Gasteiger partial charge >= 0.3 is 41.8 Å². The molecule has 0 atom stereocenters. The van der Waals surface area contributed by atoms with Crippen molar-refractivity contribution in [2.75, 3.05) is 12.4 Å². The quantitative estimate of drug-likeness (QED) is 0.0509. The lowest BCUT2D eigenvalue weighted by Gasteiger charge is -2.39. The second-order valence-electron chi connectivity index (χ2n) is 10.1. The first-order valence-electron chi connectivity index (χ1n) is 13.8. The number of unbranched alkanes of at least 4 members (excludes halogenated alkanes) is 5. The summed E-state index contributed by atoms with van der Waals surface area (Å²) in [5.41, 5.74) is -0.0583. The van der Waals surface area contributed by atoms with Crippen molar-refractivity contribution in [1.29, 1.82) is 0 Å². The summed E-state index contributed by atoms with van der Waals surface area (Å²) in [6, 6.07) is 10.6. The normalized spacial score (nSPS) is 13.5. The number of benzene rings is 2. The zero-order chi connectivity index (χ0) is 35.0. The van der Waals surface area contributed by atoms with Crippen molar-refractivity contribution in [3.8, 4) is 11.5 Å². The number of hydrogen-bond donors (Lipinski definition) is 0. The maximum Gasteiger partial charge on any atom is 0.460 e. The molecule has 0 unspecified atom stereocenters. The lowest BCUT2D eigenvalue weighted by molar-refractivity contribution is -0.439. The van der Waals surface area contributed by atoms with Gasteiger partial charge in [0, 0.05) is 17.1 Å². The fraction of sp³-hybridized carbons (Fsp3) is 0.552. The van der Waals surface area contributed by atoms with E-state index in [1.807, 2.05) is 0 Å². The van der Waals surface area contributed by atoms with Crippen LogP contribution in [-0.4, -0.2) is 54.1 Å². The number of rotatable bonds is 18. The standard InChI is InChI=1S/C29H29F13O3S/c1-2-3-4-5-6-7-17-44-20-10-12-21(13-11-20)45-23(43)19-8-14-22(15-9-19)46-18-16-24(30,31)25(32,33)26(34,35)27(36,37)28(38,39)29(40,41)42/h8-15H,2-7,16-18H2,1H3. The van der Waals surface area contributed by atoms with Gasteiger partial charge in [0.2, 0.25) is 0 Å². The molecule has 2 aromatic rings. The fourth-order valence-corrected chi connectivity index (χ4v) is 4.71. The third-order valence-corrected chi connectivity index (χ3v) is 7.59. The SMILES string of the molecule is CCCCCCCCOc1ccc(OC(=O)c2ccc(SCCC(F)(F)C(F)(F)C(F)(F)C(F)(F)C(F)(F)C(F)(F)F)cc2)cc1. The van der Waals surface area contributed by atoms with E-state index in [0.29, 0.717) is 24.1 Å². The Kier molecular flexibility index (Phi) is 13.1. The molecule has 17 heteroatoms. The fourth-order valence-electron chi connectivity index (χ4n) is 3.79. The molecule has 0 heterocycles. The molecule has 0 bridgehead atoms. The smallest absolute Gasteiger partial charge is 0.460 e. The molecule has 0 aliphatic carbocycles.